The fourth-order valence-electron chi connectivity index (χ4n) is 1.58. The van der Waals surface area contributed by atoms with Gasteiger partial charge in [0, 0.05) is 24.8 Å². The normalized spacial score (nSPS) is 12.7. The SMILES string of the molecule is CCC(C)n1ccc(CNCC(=O)NC(C)C)n1. The van der Waals surface area contributed by atoms with Gasteiger partial charge in [0.1, 0.15) is 0 Å². The van der Waals surface area contributed by atoms with Crippen LogP contribution in [0.25, 0.3) is 0 Å². The predicted molar refractivity (Wildman–Crippen MR) is 72.2 cm³/mol. The molecule has 0 aliphatic carbocycles. The molecule has 0 aromatic carbocycles. The summed E-state index contributed by atoms with van der Waals surface area (Å²) >= 11 is 0. The molecule has 1 rings (SSSR count). The number of hydrogen-bond donors (Lipinski definition) is 2. The number of carbonyl (C=O) groups is 1. The molecule has 18 heavy (non-hydrogen) atoms. The van der Waals surface area contributed by atoms with Crippen LogP contribution >= 0.6 is 0 Å². The van der Waals surface area contributed by atoms with Crippen molar-refractivity contribution >= 4 is 5.91 Å². The lowest BCUT2D eigenvalue weighted by Crippen LogP contribution is -2.37. The molecule has 5 nitrogen and oxygen atoms in total. The Kier molecular flexibility index (Phi) is 5.85. The Hall–Kier alpha value is -1.36. The smallest absolute Gasteiger partial charge is 0.234 e. The van der Waals surface area contributed by atoms with Crippen molar-refractivity contribution in [2.24, 2.45) is 0 Å². The molecule has 0 fully saturated rings. The Bertz CT molecular complexity index is 373. The first-order chi connectivity index (χ1) is 8.52. The number of carbonyl (C=O) groups excluding carboxylic acids is 1. The molecule has 1 aromatic rings. The summed E-state index contributed by atoms with van der Waals surface area (Å²) in [4.78, 5) is 11.4. The largest absolute Gasteiger partial charge is 0.353 e. The number of aromatic nitrogens is 2. The van der Waals surface area contributed by atoms with Gasteiger partial charge < -0.3 is 10.6 Å². The van der Waals surface area contributed by atoms with Gasteiger partial charge in [-0.2, -0.15) is 5.10 Å². The first kappa shape index (κ1) is 14.7. The number of nitrogens with zero attached hydrogens (tertiary/aromatic N) is 2. The van der Waals surface area contributed by atoms with Crippen molar-refractivity contribution < 1.29 is 4.79 Å². The lowest BCUT2D eigenvalue weighted by molar-refractivity contribution is -0.120. The number of hydrogen-bond acceptors (Lipinski definition) is 3. The Morgan fingerprint density at radius 3 is 2.78 bits per heavy atom. The summed E-state index contributed by atoms with van der Waals surface area (Å²) in [6.07, 6.45) is 3.05. The van der Waals surface area contributed by atoms with E-state index >= 15 is 0 Å². The third-order valence-corrected chi connectivity index (χ3v) is 2.75. The Labute approximate surface area is 109 Å². The minimum absolute atomic E-state index is 0.0198. The topological polar surface area (TPSA) is 59.0 Å². The van der Waals surface area contributed by atoms with Crippen molar-refractivity contribution in [1.82, 2.24) is 20.4 Å². The van der Waals surface area contributed by atoms with Crippen molar-refractivity contribution in [3.63, 3.8) is 0 Å². The molecule has 1 amide bonds. The second-order valence-electron chi connectivity index (χ2n) is 4.87. The van der Waals surface area contributed by atoms with Crippen LogP contribution in [0, 0.1) is 0 Å². The summed E-state index contributed by atoms with van der Waals surface area (Å²) in [6.45, 7) is 9.13. The molecule has 0 spiro atoms. The van der Waals surface area contributed by atoms with E-state index < -0.39 is 0 Å². The molecule has 2 N–H and O–H groups in total. The van der Waals surface area contributed by atoms with Gasteiger partial charge in [-0.1, -0.05) is 6.92 Å². The lowest BCUT2D eigenvalue weighted by atomic mass is 10.3. The van der Waals surface area contributed by atoms with Crippen LogP contribution in [0.5, 0.6) is 0 Å². The van der Waals surface area contributed by atoms with Gasteiger partial charge >= 0.3 is 0 Å². The van der Waals surface area contributed by atoms with Gasteiger partial charge in [0.15, 0.2) is 0 Å². The monoisotopic (exact) mass is 252 g/mol. The zero-order valence-corrected chi connectivity index (χ0v) is 11.7. The molecule has 0 saturated carbocycles. The van der Waals surface area contributed by atoms with Crippen LogP contribution in [0.3, 0.4) is 0 Å². The Balaban J connectivity index is 2.31. The summed E-state index contributed by atoms with van der Waals surface area (Å²) in [5.41, 5.74) is 0.965. The van der Waals surface area contributed by atoms with Crippen molar-refractivity contribution in [1.29, 1.82) is 0 Å². The first-order valence-electron chi connectivity index (χ1n) is 6.57. The van der Waals surface area contributed by atoms with E-state index in [-0.39, 0.29) is 11.9 Å². The van der Waals surface area contributed by atoms with Crippen molar-refractivity contribution in [3.05, 3.63) is 18.0 Å². The molecule has 0 bridgehead atoms. The number of rotatable bonds is 7. The van der Waals surface area contributed by atoms with E-state index in [1.807, 2.05) is 30.8 Å². The van der Waals surface area contributed by atoms with Crippen LogP contribution < -0.4 is 10.6 Å². The van der Waals surface area contributed by atoms with E-state index in [0.717, 1.165) is 12.1 Å². The van der Waals surface area contributed by atoms with E-state index in [4.69, 9.17) is 0 Å². The molecular formula is C13H24N4O. The second kappa shape index (κ2) is 7.16. The maximum Gasteiger partial charge on any atom is 0.234 e. The summed E-state index contributed by atoms with van der Waals surface area (Å²) in [5, 5.41) is 10.4. The fraction of sp³-hybridized carbons (Fsp3) is 0.692. The molecule has 0 aliphatic rings. The fourth-order valence-corrected chi connectivity index (χ4v) is 1.58. The molecule has 1 aromatic heterocycles. The summed E-state index contributed by atoms with van der Waals surface area (Å²) in [5.74, 6) is 0.0198. The molecule has 1 atom stereocenters. The molecular weight excluding hydrogens is 228 g/mol. The second-order valence-corrected chi connectivity index (χ2v) is 4.87. The summed E-state index contributed by atoms with van der Waals surface area (Å²) < 4.78 is 1.96. The van der Waals surface area contributed by atoms with Crippen LogP contribution in [0.2, 0.25) is 0 Å². The minimum Gasteiger partial charge on any atom is -0.353 e. The highest BCUT2D eigenvalue weighted by Gasteiger charge is 2.06. The van der Waals surface area contributed by atoms with Crippen molar-refractivity contribution in [2.75, 3.05) is 6.54 Å². The number of amides is 1. The van der Waals surface area contributed by atoms with Crippen LogP contribution in [0.4, 0.5) is 0 Å². The standard InChI is InChI=1S/C13H24N4O/c1-5-11(4)17-7-6-12(16-17)8-14-9-13(18)15-10(2)3/h6-7,10-11,14H,5,8-9H2,1-4H3,(H,15,18). The van der Waals surface area contributed by atoms with E-state index in [2.05, 4.69) is 29.6 Å². The molecule has 102 valence electrons. The number of nitrogens with one attached hydrogen (secondary N) is 2. The molecule has 0 aliphatic heterocycles. The predicted octanol–water partition coefficient (Wildman–Crippen LogP) is 1.47. The third-order valence-electron chi connectivity index (χ3n) is 2.75. The molecule has 5 heteroatoms. The zero-order chi connectivity index (χ0) is 13.5. The van der Waals surface area contributed by atoms with Crippen LogP contribution in [-0.2, 0) is 11.3 Å². The highest BCUT2D eigenvalue weighted by molar-refractivity contribution is 5.78. The maximum atomic E-state index is 11.4. The Morgan fingerprint density at radius 2 is 2.17 bits per heavy atom. The summed E-state index contributed by atoms with van der Waals surface area (Å²) in [6, 6.07) is 2.59. The maximum absolute atomic E-state index is 11.4. The van der Waals surface area contributed by atoms with E-state index in [9.17, 15) is 4.79 Å². The zero-order valence-electron chi connectivity index (χ0n) is 11.7. The van der Waals surface area contributed by atoms with Crippen molar-refractivity contribution in [2.45, 2.75) is 52.7 Å². The molecule has 0 saturated heterocycles. The van der Waals surface area contributed by atoms with Gasteiger partial charge in [0.2, 0.25) is 5.91 Å². The van der Waals surface area contributed by atoms with Crippen LogP contribution in [0.1, 0.15) is 45.9 Å². The van der Waals surface area contributed by atoms with Gasteiger partial charge in [-0.3, -0.25) is 9.48 Å². The quantitative estimate of drug-likeness (QED) is 0.772. The van der Waals surface area contributed by atoms with Gasteiger partial charge in [0.25, 0.3) is 0 Å². The van der Waals surface area contributed by atoms with Gasteiger partial charge in [-0.15, -0.1) is 0 Å². The highest BCUT2D eigenvalue weighted by Crippen LogP contribution is 2.08. The van der Waals surface area contributed by atoms with Gasteiger partial charge in [-0.25, -0.2) is 0 Å². The van der Waals surface area contributed by atoms with E-state index in [1.54, 1.807) is 0 Å². The molecule has 1 heterocycles. The van der Waals surface area contributed by atoms with Crippen LogP contribution in [-0.4, -0.2) is 28.3 Å². The Morgan fingerprint density at radius 1 is 1.44 bits per heavy atom. The minimum atomic E-state index is 0.0198. The first-order valence-corrected chi connectivity index (χ1v) is 6.57. The summed E-state index contributed by atoms with van der Waals surface area (Å²) in [7, 11) is 0. The third kappa shape index (κ3) is 4.87. The van der Waals surface area contributed by atoms with Crippen LogP contribution in [0.15, 0.2) is 12.3 Å². The molecule has 0 radical (unpaired) electrons. The molecule has 1 unspecified atom stereocenters. The van der Waals surface area contributed by atoms with Gasteiger partial charge in [-0.05, 0) is 33.3 Å². The van der Waals surface area contributed by atoms with E-state index in [1.165, 1.54) is 0 Å². The van der Waals surface area contributed by atoms with Gasteiger partial charge in [0.05, 0.1) is 12.2 Å². The average Bonchev–Trinajstić information content (AvgIpc) is 2.75. The van der Waals surface area contributed by atoms with E-state index in [0.29, 0.717) is 19.1 Å². The van der Waals surface area contributed by atoms with Crippen molar-refractivity contribution in [3.8, 4) is 0 Å². The average molecular weight is 252 g/mol. The highest BCUT2D eigenvalue weighted by atomic mass is 16.1. The lowest BCUT2D eigenvalue weighted by Gasteiger charge is -2.09.